The number of aryl methyl sites for hydroxylation is 2. The van der Waals surface area contributed by atoms with E-state index in [0.29, 0.717) is 11.5 Å². The summed E-state index contributed by atoms with van der Waals surface area (Å²) >= 11 is 0. The van der Waals surface area contributed by atoms with Crippen molar-refractivity contribution in [1.29, 1.82) is 0 Å². The minimum atomic E-state index is 0.448. The molecule has 1 N–H and O–H groups in total. The molecule has 0 heterocycles. The Bertz CT molecular complexity index is 447. The number of rotatable bonds is 4. The van der Waals surface area contributed by atoms with Crippen LogP contribution in [0.4, 0.5) is 0 Å². The summed E-state index contributed by atoms with van der Waals surface area (Å²) in [5.74, 6) is 0.748. The Morgan fingerprint density at radius 3 is 2.55 bits per heavy atom. The molecule has 20 heavy (non-hydrogen) atoms. The van der Waals surface area contributed by atoms with Crippen molar-refractivity contribution in [3.63, 3.8) is 0 Å². The van der Waals surface area contributed by atoms with Gasteiger partial charge in [-0.3, -0.25) is 0 Å². The van der Waals surface area contributed by atoms with Gasteiger partial charge in [-0.25, -0.2) is 0 Å². The number of benzene rings is 1. The fourth-order valence-corrected chi connectivity index (χ4v) is 3.81. The van der Waals surface area contributed by atoms with Crippen LogP contribution in [0, 0.1) is 25.2 Å². The zero-order valence-corrected chi connectivity index (χ0v) is 13.9. The minimum absolute atomic E-state index is 0.448. The molecule has 0 spiro atoms. The summed E-state index contributed by atoms with van der Waals surface area (Å²) in [5, 5.41) is 3.77. The average Bonchev–Trinajstić information content (AvgIpc) is 2.40. The van der Waals surface area contributed by atoms with Crippen LogP contribution in [-0.2, 0) is 0 Å². The molecule has 0 saturated heterocycles. The molecule has 0 bridgehead atoms. The first-order chi connectivity index (χ1) is 9.45. The van der Waals surface area contributed by atoms with Gasteiger partial charge < -0.3 is 5.32 Å². The molecule has 1 aromatic carbocycles. The van der Waals surface area contributed by atoms with E-state index in [0.717, 1.165) is 12.5 Å². The van der Waals surface area contributed by atoms with Crippen LogP contribution in [0.2, 0.25) is 0 Å². The predicted octanol–water partition coefficient (Wildman–Crippen LogP) is 5.17. The molecule has 1 saturated carbocycles. The van der Waals surface area contributed by atoms with Gasteiger partial charge in [0.1, 0.15) is 0 Å². The zero-order valence-electron chi connectivity index (χ0n) is 13.9. The highest BCUT2D eigenvalue weighted by Crippen LogP contribution is 2.46. The summed E-state index contributed by atoms with van der Waals surface area (Å²) < 4.78 is 0. The Labute approximate surface area is 125 Å². The van der Waals surface area contributed by atoms with E-state index < -0.39 is 0 Å². The maximum Gasteiger partial charge on any atom is 0.0353 e. The van der Waals surface area contributed by atoms with Gasteiger partial charge in [0.2, 0.25) is 0 Å². The van der Waals surface area contributed by atoms with E-state index in [1.54, 1.807) is 0 Å². The number of nitrogens with one attached hydrogen (secondary N) is 1. The molecular formula is C19H31N. The molecule has 1 aliphatic rings. The molecule has 1 fully saturated rings. The Morgan fingerprint density at radius 2 is 1.95 bits per heavy atom. The highest BCUT2D eigenvalue weighted by atomic mass is 14.9. The summed E-state index contributed by atoms with van der Waals surface area (Å²) in [6.45, 7) is 12.6. The molecule has 1 aliphatic carbocycles. The predicted molar refractivity (Wildman–Crippen MR) is 88.1 cm³/mol. The van der Waals surface area contributed by atoms with Crippen LogP contribution in [0.3, 0.4) is 0 Å². The molecular weight excluding hydrogens is 242 g/mol. The Balaban J connectivity index is 2.32. The lowest BCUT2D eigenvalue weighted by molar-refractivity contribution is 0.0988. The first kappa shape index (κ1) is 15.6. The Kier molecular flexibility index (Phi) is 4.90. The first-order valence-corrected chi connectivity index (χ1v) is 8.26. The molecule has 2 rings (SSSR count). The lowest BCUT2D eigenvalue weighted by Crippen LogP contribution is -2.39. The Morgan fingerprint density at radius 1 is 1.20 bits per heavy atom. The molecule has 1 aromatic rings. The number of hydrogen-bond acceptors (Lipinski definition) is 1. The van der Waals surface area contributed by atoms with Crippen LogP contribution < -0.4 is 5.32 Å². The summed E-state index contributed by atoms with van der Waals surface area (Å²) in [4.78, 5) is 0. The second kappa shape index (κ2) is 6.30. The fraction of sp³-hybridized carbons (Fsp3) is 0.684. The SMILES string of the molecule is CCNC(c1ccc(C)c(C)c1)C1CCCCC1(C)C. The van der Waals surface area contributed by atoms with Gasteiger partial charge in [0.25, 0.3) is 0 Å². The van der Waals surface area contributed by atoms with E-state index in [4.69, 9.17) is 0 Å². The normalized spacial score (nSPS) is 23.6. The van der Waals surface area contributed by atoms with Gasteiger partial charge in [-0.15, -0.1) is 0 Å². The quantitative estimate of drug-likeness (QED) is 0.798. The molecule has 0 aromatic heterocycles. The molecule has 0 amide bonds. The third kappa shape index (κ3) is 3.25. The highest BCUT2D eigenvalue weighted by molar-refractivity contribution is 5.32. The zero-order chi connectivity index (χ0) is 14.8. The van der Waals surface area contributed by atoms with E-state index in [-0.39, 0.29) is 0 Å². The topological polar surface area (TPSA) is 12.0 Å². The van der Waals surface area contributed by atoms with E-state index in [1.165, 1.54) is 42.4 Å². The summed E-state index contributed by atoms with van der Waals surface area (Å²) in [6, 6.07) is 7.52. The molecule has 2 atom stereocenters. The van der Waals surface area contributed by atoms with Crippen molar-refractivity contribution in [2.45, 2.75) is 66.3 Å². The second-order valence-electron chi connectivity index (χ2n) is 7.22. The summed E-state index contributed by atoms with van der Waals surface area (Å²) in [7, 11) is 0. The van der Waals surface area contributed by atoms with Crippen LogP contribution in [-0.4, -0.2) is 6.54 Å². The van der Waals surface area contributed by atoms with E-state index >= 15 is 0 Å². The van der Waals surface area contributed by atoms with Crippen LogP contribution in [0.1, 0.15) is 69.2 Å². The van der Waals surface area contributed by atoms with E-state index in [2.05, 4.69) is 58.1 Å². The van der Waals surface area contributed by atoms with Crippen LogP contribution in [0.15, 0.2) is 18.2 Å². The van der Waals surface area contributed by atoms with Gasteiger partial charge in [0, 0.05) is 6.04 Å². The third-order valence-corrected chi connectivity index (χ3v) is 5.31. The molecule has 1 heteroatoms. The van der Waals surface area contributed by atoms with Gasteiger partial charge >= 0.3 is 0 Å². The van der Waals surface area contributed by atoms with Crippen molar-refractivity contribution < 1.29 is 0 Å². The maximum atomic E-state index is 3.77. The van der Waals surface area contributed by atoms with Crippen molar-refractivity contribution in [3.05, 3.63) is 34.9 Å². The highest BCUT2D eigenvalue weighted by Gasteiger charge is 2.37. The molecule has 2 unspecified atom stereocenters. The van der Waals surface area contributed by atoms with Gasteiger partial charge in [-0.2, -0.15) is 0 Å². The van der Waals surface area contributed by atoms with E-state index in [1.807, 2.05) is 0 Å². The van der Waals surface area contributed by atoms with Gasteiger partial charge in [-0.1, -0.05) is 51.8 Å². The van der Waals surface area contributed by atoms with Crippen LogP contribution >= 0.6 is 0 Å². The standard InChI is InChI=1S/C19H31N/c1-6-20-18(16-11-10-14(2)15(3)13-16)17-9-7-8-12-19(17,4)5/h10-11,13,17-18,20H,6-9,12H2,1-5H3. The van der Waals surface area contributed by atoms with Crippen LogP contribution in [0.25, 0.3) is 0 Å². The Hall–Kier alpha value is -0.820. The van der Waals surface area contributed by atoms with Crippen LogP contribution in [0.5, 0.6) is 0 Å². The lowest BCUT2D eigenvalue weighted by Gasteiger charge is -2.44. The van der Waals surface area contributed by atoms with Gasteiger partial charge in [-0.05, 0) is 61.3 Å². The maximum absolute atomic E-state index is 3.77. The lowest BCUT2D eigenvalue weighted by atomic mass is 9.64. The van der Waals surface area contributed by atoms with Gasteiger partial charge in [0.15, 0.2) is 0 Å². The molecule has 0 radical (unpaired) electrons. The van der Waals surface area contributed by atoms with Crippen molar-refractivity contribution in [1.82, 2.24) is 5.32 Å². The van der Waals surface area contributed by atoms with Crippen molar-refractivity contribution in [3.8, 4) is 0 Å². The van der Waals surface area contributed by atoms with E-state index in [9.17, 15) is 0 Å². The monoisotopic (exact) mass is 273 g/mol. The van der Waals surface area contributed by atoms with Gasteiger partial charge in [0.05, 0.1) is 0 Å². The van der Waals surface area contributed by atoms with Crippen molar-refractivity contribution in [2.75, 3.05) is 6.54 Å². The van der Waals surface area contributed by atoms with Crippen molar-refractivity contribution in [2.24, 2.45) is 11.3 Å². The first-order valence-electron chi connectivity index (χ1n) is 8.26. The third-order valence-electron chi connectivity index (χ3n) is 5.31. The largest absolute Gasteiger partial charge is 0.310 e. The number of hydrogen-bond donors (Lipinski definition) is 1. The average molecular weight is 273 g/mol. The molecule has 1 nitrogen and oxygen atoms in total. The summed E-state index contributed by atoms with van der Waals surface area (Å²) in [6.07, 6.45) is 5.51. The molecule has 0 aliphatic heterocycles. The second-order valence-corrected chi connectivity index (χ2v) is 7.22. The smallest absolute Gasteiger partial charge is 0.0353 e. The minimum Gasteiger partial charge on any atom is -0.310 e. The summed E-state index contributed by atoms with van der Waals surface area (Å²) in [5.41, 5.74) is 4.74. The fourth-order valence-electron chi connectivity index (χ4n) is 3.81. The molecule has 112 valence electrons. The van der Waals surface area contributed by atoms with Crippen molar-refractivity contribution >= 4 is 0 Å².